The van der Waals surface area contributed by atoms with E-state index in [2.05, 4.69) is 15.7 Å². The zero-order valence-corrected chi connectivity index (χ0v) is 19.6. The van der Waals surface area contributed by atoms with Crippen LogP contribution < -0.4 is 16.2 Å². The SMILES string of the molecule is Cc1nn2c(=O)c(C(=O)NC3CC3)c(O)n(CC(C)C)c2c1/C=C/C(=O)N1CCNC[C@H]1C. The van der Waals surface area contributed by atoms with Crippen LogP contribution in [0.3, 0.4) is 0 Å². The van der Waals surface area contributed by atoms with E-state index in [1.54, 1.807) is 22.5 Å². The van der Waals surface area contributed by atoms with Crippen molar-refractivity contribution in [1.82, 2.24) is 29.7 Å². The molecule has 0 spiro atoms. The van der Waals surface area contributed by atoms with Gasteiger partial charge in [-0.05, 0) is 38.7 Å². The van der Waals surface area contributed by atoms with Crippen molar-refractivity contribution in [2.75, 3.05) is 19.6 Å². The van der Waals surface area contributed by atoms with Gasteiger partial charge >= 0.3 is 0 Å². The molecular weight excluding hydrogens is 424 g/mol. The molecule has 0 unspecified atom stereocenters. The van der Waals surface area contributed by atoms with Crippen molar-refractivity contribution in [3.05, 3.63) is 33.3 Å². The van der Waals surface area contributed by atoms with Crippen molar-refractivity contribution in [3.8, 4) is 5.88 Å². The number of piperazine rings is 1. The van der Waals surface area contributed by atoms with Gasteiger partial charge in [0.05, 0.1) is 5.69 Å². The molecule has 10 heteroatoms. The minimum absolute atomic E-state index is 0.0433. The molecule has 1 atom stereocenters. The summed E-state index contributed by atoms with van der Waals surface area (Å²) in [6.07, 6.45) is 4.87. The van der Waals surface area contributed by atoms with E-state index in [9.17, 15) is 19.5 Å². The number of nitrogens with zero attached hydrogens (tertiary/aromatic N) is 4. The highest BCUT2D eigenvalue weighted by atomic mass is 16.3. The van der Waals surface area contributed by atoms with E-state index in [-0.39, 0.29) is 35.4 Å². The summed E-state index contributed by atoms with van der Waals surface area (Å²) in [5, 5.41) is 21.4. The summed E-state index contributed by atoms with van der Waals surface area (Å²) in [5.41, 5.74) is 0.475. The molecular formula is C23H32N6O4. The van der Waals surface area contributed by atoms with Gasteiger partial charge in [0.25, 0.3) is 11.5 Å². The molecule has 33 heavy (non-hydrogen) atoms. The predicted molar refractivity (Wildman–Crippen MR) is 124 cm³/mol. The fraction of sp³-hybridized carbons (Fsp3) is 0.565. The molecule has 3 heterocycles. The van der Waals surface area contributed by atoms with E-state index < -0.39 is 11.5 Å². The number of nitrogens with one attached hydrogen (secondary N) is 2. The second-order valence-corrected chi connectivity index (χ2v) is 9.41. The lowest BCUT2D eigenvalue weighted by atomic mass is 10.1. The molecule has 2 aromatic heterocycles. The van der Waals surface area contributed by atoms with E-state index in [0.717, 1.165) is 30.4 Å². The molecule has 0 aromatic carbocycles. The highest BCUT2D eigenvalue weighted by Crippen LogP contribution is 2.26. The zero-order chi connectivity index (χ0) is 23.9. The number of carbonyl (C=O) groups is 2. The number of aromatic hydroxyl groups is 1. The first-order chi connectivity index (χ1) is 15.7. The monoisotopic (exact) mass is 456 g/mol. The quantitative estimate of drug-likeness (QED) is 0.555. The number of hydrogen-bond acceptors (Lipinski definition) is 6. The Kier molecular flexibility index (Phi) is 6.29. The van der Waals surface area contributed by atoms with Gasteiger partial charge in [-0.15, -0.1) is 0 Å². The smallest absolute Gasteiger partial charge is 0.291 e. The van der Waals surface area contributed by atoms with Crippen LogP contribution in [-0.4, -0.2) is 67.7 Å². The summed E-state index contributed by atoms with van der Waals surface area (Å²) in [4.78, 5) is 40.5. The number of hydrogen-bond donors (Lipinski definition) is 3. The summed E-state index contributed by atoms with van der Waals surface area (Å²) < 4.78 is 2.71. The Hall–Kier alpha value is -3.14. The fourth-order valence-electron chi connectivity index (χ4n) is 4.20. The van der Waals surface area contributed by atoms with E-state index in [1.807, 2.05) is 20.8 Å². The van der Waals surface area contributed by atoms with Crippen LogP contribution in [0.25, 0.3) is 11.7 Å². The van der Waals surface area contributed by atoms with Crippen LogP contribution >= 0.6 is 0 Å². The van der Waals surface area contributed by atoms with Crippen molar-refractivity contribution in [2.24, 2.45) is 5.92 Å². The maximum Gasteiger partial charge on any atom is 0.291 e. The lowest BCUT2D eigenvalue weighted by molar-refractivity contribution is -0.128. The molecule has 1 saturated heterocycles. The van der Waals surface area contributed by atoms with Crippen LogP contribution in [0.1, 0.15) is 55.2 Å². The molecule has 3 N–H and O–H groups in total. The van der Waals surface area contributed by atoms with Crippen molar-refractivity contribution < 1.29 is 14.7 Å². The van der Waals surface area contributed by atoms with E-state index in [4.69, 9.17) is 0 Å². The largest absolute Gasteiger partial charge is 0.494 e. The van der Waals surface area contributed by atoms with Crippen LogP contribution in [0.4, 0.5) is 0 Å². The first kappa shape index (κ1) is 23.0. The second kappa shape index (κ2) is 9.01. The van der Waals surface area contributed by atoms with Gasteiger partial charge < -0.3 is 20.6 Å². The zero-order valence-electron chi connectivity index (χ0n) is 19.6. The molecule has 2 aliphatic rings. The Bertz CT molecular complexity index is 1170. The number of fused-ring (bicyclic) bond motifs is 1. The van der Waals surface area contributed by atoms with Crippen molar-refractivity contribution >= 4 is 23.5 Å². The molecule has 1 aliphatic carbocycles. The fourth-order valence-corrected chi connectivity index (χ4v) is 4.20. The molecule has 1 saturated carbocycles. The van der Waals surface area contributed by atoms with Gasteiger partial charge in [-0.3, -0.25) is 19.0 Å². The van der Waals surface area contributed by atoms with Crippen LogP contribution in [0.2, 0.25) is 0 Å². The maximum absolute atomic E-state index is 13.2. The third-order valence-electron chi connectivity index (χ3n) is 6.09. The third kappa shape index (κ3) is 4.52. The van der Waals surface area contributed by atoms with Crippen LogP contribution in [0.15, 0.2) is 10.9 Å². The van der Waals surface area contributed by atoms with Gasteiger partial charge in [-0.2, -0.15) is 9.61 Å². The van der Waals surface area contributed by atoms with Crippen molar-refractivity contribution in [2.45, 2.75) is 59.2 Å². The predicted octanol–water partition coefficient (Wildman–Crippen LogP) is 0.892. The Labute approximate surface area is 192 Å². The highest BCUT2D eigenvalue weighted by molar-refractivity contribution is 5.97. The van der Waals surface area contributed by atoms with Gasteiger partial charge in [0.1, 0.15) is 5.65 Å². The lowest BCUT2D eigenvalue weighted by Gasteiger charge is -2.33. The van der Waals surface area contributed by atoms with Crippen LogP contribution in [-0.2, 0) is 11.3 Å². The van der Waals surface area contributed by atoms with Crippen molar-refractivity contribution in [1.29, 1.82) is 0 Å². The molecule has 1 aliphatic heterocycles. The average molecular weight is 457 g/mol. The van der Waals surface area contributed by atoms with Gasteiger partial charge in [-0.25, -0.2) is 0 Å². The summed E-state index contributed by atoms with van der Waals surface area (Å²) in [7, 11) is 0. The first-order valence-corrected chi connectivity index (χ1v) is 11.5. The van der Waals surface area contributed by atoms with Gasteiger partial charge in [0.15, 0.2) is 5.56 Å². The average Bonchev–Trinajstić information content (AvgIpc) is 3.50. The molecule has 2 fully saturated rings. The second-order valence-electron chi connectivity index (χ2n) is 9.41. The third-order valence-corrected chi connectivity index (χ3v) is 6.09. The summed E-state index contributed by atoms with van der Waals surface area (Å²) in [5.74, 6) is -0.967. The van der Waals surface area contributed by atoms with E-state index in [0.29, 0.717) is 30.0 Å². The molecule has 0 radical (unpaired) electrons. The Balaban J connectivity index is 1.80. The minimum Gasteiger partial charge on any atom is -0.494 e. The molecule has 2 amide bonds. The lowest BCUT2D eigenvalue weighted by Crippen LogP contribution is -2.51. The maximum atomic E-state index is 13.2. The van der Waals surface area contributed by atoms with Crippen LogP contribution in [0, 0.1) is 12.8 Å². The minimum atomic E-state index is -0.676. The molecule has 10 nitrogen and oxygen atoms in total. The summed E-state index contributed by atoms with van der Waals surface area (Å²) in [6, 6.07) is 0.124. The number of rotatable bonds is 6. The Morgan fingerprint density at radius 1 is 1.33 bits per heavy atom. The molecule has 2 aromatic rings. The molecule has 178 valence electrons. The molecule has 4 rings (SSSR count). The number of carbonyl (C=O) groups excluding carboxylic acids is 2. The first-order valence-electron chi connectivity index (χ1n) is 11.5. The Morgan fingerprint density at radius 3 is 2.70 bits per heavy atom. The Morgan fingerprint density at radius 2 is 2.06 bits per heavy atom. The summed E-state index contributed by atoms with van der Waals surface area (Å²) >= 11 is 0. The van der Waals surface area contributed by atoms with Crippen molar-refractivity contribution in [3.63, 3.8) is 0 Å². The van der Waals surface area contributed by atoms with E-state index >= 15 is 0 Å². The van der Waals surface area contributed by atoms with Crippen LogP contribution in [0.5, 0.6) is 5.88 Å². The summed E-state index contributed by atoms with van der Waals surface area (Å²) in [6.45, 7) is 10.2. The highest BCUT2D eigenvalue weighted by Gasteiger charge is 2.30. The number of aryl methyl sites for hydroxylation is 1. The van der Waals surface area contributed by atoms with Gasteiger partial charge in [0.2, 0.25) is 11.8 Å². The molecule has 0 bridgehead atoms. The van der Waals surface area contributed by atoms with E-state index in [1.165, 1.54) is 6.08 Å². The number of aromatic nitrogens is 3. The standard InChI is InChI=1S/C23H32N6O4/c1-13(2)12-28-21-17(7-8-18(30)27-10-9-24-11-14(27)3)15(4)26-29(21)23(33)19(22(28)32)20(31)25-16-5-6-16/h7-8,13-14,16,24,32H,5-6,9-12H2,1-4H3,(H,25,31)/b8-7+/t14-/m1/s1. The van der Waals surface area contributed by atoms with Gasteiger partial charge in [-0.1, -0.05) is 13.8 Å². The normalized spacial score (nSPS) is 19.1. The van der Waals surface area contributed by atoms with Gasteiger partial charge in [0, 0.05) is 49.9 Å². The number of amides is 2. The topological polar surface area (TPSA) is 121 Å².